The first-order chi connectivity index (χ1) is 17.1. The van der Waals surface area contributed by atoms with Gasteiger partial charge < -0.3 is 9.08 Å². The van der Waals surface area contributed by atoms with Crippen molar-refractivity contribution in [2.75, 3.05) is 31.1 Å². The normalized spacial score (nSPS) is 19.8. The lowest BCUT2D eigenvalue weighted by molar-refractivity contribution is -0.123. The number of amides is 1. The van der Waals surface area contributed by atoms with Crippen LogP contribution >= 0.6 is 0 Å². The molecule has 36 heavy (non-hydrogen) atoms. The summed E-state index contributed by atoms with van der Waals surface area (Å²) in [7, 11) is -5.69. The molecular weight excluding hydrogens is 495 g/mol. The number of aromatic nitrogens is 1. The van der Waals surface area contributed by atoms with Gasteiger partial charge >= 0.3 is 15.6 Å². The van der Waals surface area contributed by atoms with Crippen molar-refractivity contribution in [3.63, 3.8) is 0 Å². The van der Waals surface area contributed by atoms with Gasteiger partial charge in [0.25, 0.3) is 0 Å². The topological polar surface area (TPSA) is 79.8 Å². The summed E-state index contributed by atoms with van der Waals surface area (Å²) < 4.78 is 64.2. The van der Waals surface area contributed by atoms with Gasteiger partial charge in [0.05, 0.1) is 0 Å². The molecule has 0 bridgehead atoms. The van der Waals surface area contributed by atoms with E-state index in [0.29, 0.717) is 18.9 Å². The standard InChI is InChI=1S/C25H30F3N3O4S/c26-25(27,28)36(33,34)35-22-11-9-19(10-12-22)21-13-15-30(18-21)16-17-31(23-8-4-5-14-29-23)24(32)20-6-2-1-3-7-20/h4-5,8-12,14,20-21H,1-3,6-7,13,15-18H2. The maximum Gasteiger partial charge on any atom is 0.534 e. The van der Waals surface area contributed by atoms with Crippen LogP contribution in [-0.4, -0.2) is 55.9 Å². The second-order valence-corrected chi connectivity index (χ2v) is 10.9. The van der Waals surface area contributed by atoms with Crippen LogP contribution in [0.15, 0.2) is 48.7 Å². The van der Waals surface area contributed by atoms with Gasteiger partial charge in [0, 0.05) is 31.7 Å². The lowest BCUT2D eigenvalue weighted by atomic mass is 9.88. The van der Waals surface area contributed by atoms with Gasteiger partial charge in [-0.05, 0) is 61.6 Å². The third-order valence-electron chi connectivity index (χ3n) is 6.90. The number of hydrogen-bond acceptors (Lipinski definition) is 6. The molecule has 0 N–H and O–H groups in total. The molecule has 1 saturated carbocycles. The van der Waals surface area contributed by atoms with Crippen molar-refractivity contribution >= 4 is 21.8 Å². The van der Waals surface area contributed by atoms with E-state index in [4.69, 9.17) is 0 Å². The average molecular weight is 526 g/mol. The van der Waals surface area contributed by atoms with E-state index in [1.807, 2.05) is 18.2 Å². The molecule has 1 amide bonds. The first-order valence-electron chi connectivity index (χ1n) is 12.2. The summed E-state index contributed by atoms with van der Waals surface area (Å²) in [5.41, 5.74) is -4.58. The zero-order valence-corrected chi connectivity index (χ0v) is 20.7. The van der Waals surface area contributed by atoms with E-state index in [2.05, 4.69) is 14.1 Å². The number of hydrogen-bond donors (Lipinski definition) is 0. The molecule has 2 aromatic rings. The summed E-state index contributed by atoms with van der Waals surface area (Å²) in [6, 6.07) is 11.2. The van der Waals surface area contributed by atoms with Crippen LogP contribution in [0.3, 0.4) is 0 Å². The number of halogens is 3. The Morgan fingerprint density at radius 1 is 1.06 bits per heavy atom. The zero-order valence-electron chi connectivity index (χ0n) is 19.9. The Morgan fingerprint density at radius 2 is 1.78 bits per heavy atom. The van der Waals surface area contributed by atoms with Crippen LogP contribution in [0, 0.1) is 5.92 Å². The molecule has 1 aliphatic heterocycles. The van der Waals surface area contributed by atoms with Gasteiger partial charge in [0.1, 0.15) is 11.6 Å². The van der Waals surface area contributed by atoms with Crippen molar-refractivity contribution in [1.29, 1.82) is 0 Å². The van der Waals surface area contributed by atoms with E-state index in [1.54, 1.807) is 23.2 Å². The van der Waals surface area contributed by atoms with Gasteiger partial charge in [-0.1, -0.05) is 37.5 Å². The number of likely N-dealkylation sites (tertiary alicyclic amines) is 1. The molecule has 1 atom stereocenters. The smallest absolute Gasteiger partial charge is 0.376 e. The second kappa shape index (κ2) is 11.2. The molecule has 1 aromatic carbocycles. The Morgan fingerprint density at radius 3 is 2.42 bits per heavy atom. The Kier molecular flexibility index (Phi) is 8.19. The monoisotopic (exact) mass is 525 g/mol. The van der Waals surface area contributed by atoms with Crippen molar-refractivity contribution < 1.29 is 30.6 Å². The molecular formula is C25H30F3N3O4S. The SMILES string of the molecule is O=C(C1CCCCC1)N(CCN1CCC(c2ccc(OS(=O)(=O)C(F)(F)F)cc2)C1)c1ccccn1. The molecule has 2 heterocycles. The number of nitrogens with zero attached hydrogens (tertiary/aromatic N) is 3. The largest absolute Gasteiger partial charge is 0.534 e. The molecule has 4 rings (SSSR count). The Bertz CT molecular complexity index is 1120. The number of carbonyl (C=O) groups is 1. The maximum atomic E-state index is 13.3. The van der Waals surface area contributed by atoms with Crippen LogP contribution in [-0.2, 0) is 14.9 Å². The van der Waals surface area contributed by atoms with Gasteiger partial charge in [-0.3, -0.25) is 9.69 Å². The van der Waals surface area contributed by atoms with Crippen molar-refractivity contribution in [3.8, 4) is 5.75 Å². The predicted molar refractivity (Wildman–Crippen MR) is 129 cm³/mol. The number of carbonyl (C=O) groups excluding carboxylic acids is 1. The number of alkyl halides is 3. The van der Waals surface area contributed by atoms with E-state index >= 15 is 0 Å². The zero-order chi connectivity index (χ0) is 25.8. The summed E-state index contributed by atoms with van der Waals surface area (Å²) >= 11 is 0. The van der Waals surface area contributed by atoms with Gasteiger partial charge in [-0.15, -0.1) is 0 Å². The van der Waals surface area contributed by atoms with Crippen molar-refractivity contribution in [3.05, 3.63) is 54.2 Å². The molecule has 196 valence electrons. The highest BCUT2D eigenvalue weighted by molar-refractivity contribution is 7.88. The highest BCUT2D eigenvalue weighted by Crippen LogP contribution is 2.31. The second-order valence-electron chi connectivity index (χ2n) is 9.35. The number of rotatable bonds is 8. The van der Waals surface area contributed by atoms with Crippen molar-refractivity contribution in [2.24, 2.45) is 5.92 Å². The molecule has 2 aliphatic rings. The molecule has 1 unspecified atom stereocenters. The van der Waals surface area contributed by atoms with E-state index in [1.165, 1.54) is 18.6 Å². The van der Waals surface area contributed by atoms with Gasteiger partial charge in [-0.25, -0.2) is 4.98 Å². The minimum absolute atomic E-state index is 0.0361. The van der Waals surface area contributed by atoms with Crippen molar-refractivity contribution in [2.45, 2.75) is 50.0 Å². The minimum Gasteiger partial charge on any atom is -0.376 e. The maximum absolute atomic E-state index is 13.3. The molecule has 0 spiro atoms. The summed E-state index contributed by atoms with van der Waals surface area (Å²) in [5.74, 6) is 0.601. The molecule has 0 radical (unpaired) electrons. The average Bonchev–Trinajstić information content (AvgIpc) is 3.34. The lowest BCUT2D eigenvalue weighted by Crippen LogP contribution is -2.42. The molecule has 1 saturated heterocycles. The van der Waals surface area contributed by atoms with Crippen LogP contribution in [0.4, 0.5) is 19.0 Å². The highest BCUT2D eigenvalue weighted by atomic mass is 32.2. The first kappa shape index (κ1) is 26.4. The Hall–Kier alpha value is -2.66. The third kappa shape index (κ3) is 6.36. The fourth-order valence-corrected chi connectivity index (χ4v) is 5.40. The Labute approximate surface area is 209 Å². The number of benzene rings is 1. The molecule has 7 nitrogen and oxygen atoms in total. The predicted octanol–water partition coefficient (Wildman–Crippen LogP) is 4.71. The van der Waals surface area contributed by atoms with Crippen LogP contribution in [0.5, 0.6) is 5.75 Å². The van der Waals surface area contributed by atoms with Crippen LogP contribution in [0.25, 0.3) is 0 Å². The van der Waals surface area contributed by atoms with Crippen LogP contribution in [0.1, 0.15) is 50.0 Å². The Balaban J connectivity index is 1.35. The van der Waals surface area contributed by atoms with Crippen LogP contribution < -0.4 is 9.08 Å². The summed E-state index contributed by atoms with van der Waals surface area (Å²) in [6.45, 7) is 2.76. The van der Waals surface area contributed by atoms with E-state index in [0.717, 1.165) is 50.8 Å². The lowest BCUT2D eigenvalue weighted by Gasteiger charge is -2.30. The molecule has 2 fully saturated rings. The minimum atomic E-state index is -5.69. The highest BCUT2D eigenvalue weighted by Gasteiger charge is 2.48. The molecule has 11 heteroatoms. The first-order valence-corrected chi connectivity index (χ1v) is 13.6. The van der Waals surface area contributed by atoms with Gasteiger partial charge in [0.2, 0.25) is 5.91 Å². The van der Waals surface area contributed by atoms with E-state index < -0.39 is 15.6 Å². The number of anilines is 1. The fourth-order valence-electron chi connectivity index (χ4n) is 4.94. The van der Waals surface area contributed by atoms with E-state index in [-0.39, 0.29) is 23.5 Å². The van der Waals surface area contributed by atoms with Gasteiger partial charge in [-0.2, -0.15) is 21.6 Å². The third-order valence-corrected chi connectivity index (χ3v) is 7.88. The number of pyridine rings is 1. The summed E-state index contributed by atoms with van der Waals surface area (Å²) in [4.78, 5) is 21.8. The molecule has 1 aliphatic carbocycles. The van der Waals surface area contributed by atoms with Crippen molar-refractivity contribution in [1.82, 2.24) is 9.88 Å². The van der Waals surface area contributed by atoms with E-state index in [9.17, 15) is 26.4 Å². The fraction of sp³-hybridized carbons (Fsp3) is 0.520. The van der Waals surface area contributed by atoms with Crippen LogP contribution in [0.2, 0.25) is 0 Å². The summed E-state index contributed by atoms with van der Waals surface area (Å²) in [6.07, 6.45) is 7.69. The quantitative estimate of drug-likeness (QED) is 0.367. The summed E-state index contributed by atoms with van der Waals surface area (Å²) in [5, 5.41) is 0. The molecule has 1 aromatic heterocycles. The van der Waals surface area contributed by atoms with Gasteiger partial charge in [0.15, 0.2) is 0 Å².